The Hall–Kier alpha value is -0.950. The van der Waals surface area contributed by atoms with Crippen LogP contribution in [0.25, 0.3) is 12.2 Å². The predicted octanol–water partition coefficient (Wildman–Crippen LogP) is 5.78. The molecule has 0 saturated carbocycles. The van der Waals surface area contributed by atoms with E-state index in [1.165, 1.54) is 11.1 Å². The van der Waals surface area contributed by atoms with Crippen LogP contribution in [0.5, 0.6) is 0 Å². The van der Waals surface area contributed by atoms with Gasteiger partial charge >= 0.3 is 25.8 Å². The van der Waals surface area contributed by atoms with E-state index in [0.29, 0.717) is 0 Å². The normalized spacial score (nSPS) is 8.95. The van der Waals surface area contributed by atoms with Crippen LogP contribution in [0.3, 0.4) is 0 Å². The molecule has 0 aromatic heterocycles. The molecule has 0 aliphatic heterocycles. The van der Waals surface area contributed by atoms with Crippen LogP contribution in [-0.4, -0.2) is 0 Å². The van der Waals surface area contributed by atoms with Crippen molar-refractivity contribution in [1.29, 1.82) is 0 Å². The second-order valence-electron chi connectivity index (χ2n) is 3.44. The first-order valence-corrected chi connectivity index (χ1v) is 5.55. The van der Waals surface area contributed by atoms with Crippen molar-refractivity contribution in [2.45, 2.75) is 13.8 Å². The monoisotopic (exact) mass is 420 g/mol. The van der Waals surface area contributed by atoms with Crippen molar-refractivity contribution in [3.63, 3.8) is 0 Å². The molecule has 0 aliphatic carbocycles. The molecule has 0 saturated heterocycles. The Balaban J connectivity index is -0.000000233. The quantitative estimate of drug-likeness (QED) is 0.428. The van der Waals surface area contributed by atoms with Crippen LogP contribution in [0.2, 0.25) is 0 Å². The van der Waals surface area contributed by atoms with E-state index in [1.54, 1.807) is 0 Å². The topological polar surface area (TPSA) is 0 Å². The SMILES string of the molecule is CC=Cc1ccc[cH-]1.CC=Cc1ccc[cH-]1.[CH3-].[CH3-].[Hf+4]. The number of rotatable bonds is 2. The van der Waals surface area contributed by atoms with E-state index in [2.05, 4.69) is 36.4 Å². The summed E-state index contributed by atoms with van der Waals surface area (Å²) in [6.45, 7) is 4.04. The predicted molar refractivity (Wildman–Crippen MR) is 86.3 cm³/mol. The molecule has 1 heteroatoms. The molecule has 0 aliphatic rings. The summed E-state index contributed by atoms with van der Waals surface area (Å²) in [5, 5.41) is 0. The molecule has 0 bridgehead atoms. The Morgan fingerprint density at radius 1 is 0.789 bits per heavy atom. The van der Waals surface area contributed by atoms with Gasteiger partial charge in [0.1, 0.15) is 0 Å². The molecule has 2 aromatic rings. The van der Waals surface area contributed by atoms with E-state index >= 15 is 0 Å². The maximum Gasteiger partial charge on any atom is 4.00 e. The van der Waals surface area contributed by atoms with Crippen LogP contribution in [-0.2, 0) is 25.8 Å². The third-order valence-electron chi connectivity index (χ3n) is 2.10. The molecule has 2 rings (SSSR count). The minimum Gasteiger partial charge on any atom is -0.358 e. The van der Waals surface area contributed by atoms with Gasteiger partial charge in [-0.05, 0) is 0 Å². The average Bonchev–Trinajstić information content (AvgIpc) is 2.92. The molecular formula is C18H24Hf. The van der Waals surface area contributed by atoms with Crippen molar-refractivity contribution in [3.05, 3.63) is 86.7 Å². The van der Waals surface area contributed by atoms with Crippen LogP contribution in [0.4, 0.5) is 0 Å². The maximum absolute atomic E-state index is 2.08. The molecule has 0 heterocycles. The smallest absolute Gasteiger partial charge is 0.358 e. The maximum atomic E-state index is 2.08. The third kappa shape index (κ3) is 10.6. The van der Waals surface area contributed by atoms with E-state index in [-0.39, 0.29) is 40.7 Å². The second kappa shape index (κ2) is 15.1. The van der Waals surface area contributed by atoms with Gasteiger partial charge in [0.2, 0.25) is 0 Å². The van der Waals surface area contributed by atoms with Crippen molar-refractivity contribution in [2.24, 2.45) is 0 Å². The molecule has 0 atom stereocenters. The fourth-order valence-electron chi connectivity index (χ4n) is 1.38. The van der Waals surface area contributed by atoms with Crippen LogP contribution >= 0.6 is 0 Å². The Kier molecular flexibility index (Phi) is 18.4. The Bertz CT molecular complexity index is 360. The van der Waals surface area contributed by atoms with Crippen molar-refractivity contribution >= 4 is 12.2 Å². The van der Waals surface area contributed by atoms with Gasteiger partial charge in [-0.3, -0.25) is 0 Å². The van der Waals surface area contributed by atoms with Gasteiger partial charge in [-0.25, -0.2) is 0 Å². The standard InChI is InChI=1S/2C8H9.2CH3.Hf/c2*1-2-5-8-6-3-4-7-8;;;/h2*2-7H,1H3;2*1H3;/q4*-1;+4. The van der Waals surface area contributed by atoms with Crippen LogP contribution in [0.1, 0.15) is 25.0 Å². The number of hydrogen-bond donors (Lipinski definition) is 0. The Morgan fingerprint density at radius 2 is 1.16 bits per heavy atom. The van der Waals surface area contributed by atoms with Gasteiger partial charge in [0, 0.05) is 0 Å². The summed E-state index contributed by atoms with van der Waals surface area (Å²) >= 11 is 0. The minimum atomic E-state index is 0. The molecular weight excluding hydrogens is 395 g/mol. The van der Waals surface area contributed by atoms with E-state index < -0.39 is 0 Å². The molecule has 0 N–H and O–H groups in total. The van der Waals surface area contributed by atoms with Crippen molar-refractivity contribution in [2.75, 3.05) is 0 Å². The van der Waals surface area contributed by atoms with E-state index in [1.807, 2.05) is 50.3 Å². The molecule has 0 spiro atoms. The van der Waals surface area contributed by atoms with Gasteiger partial charge in [-0.2, -0.15) is 47.5 Å². The summed E-state index contributed by atoms with van der Waals surface area (Å²) in [5.41, 5.74) is 2.57. The zero-order chi connectivity index (χ0) is 11.6. The molecule has 0 fully saturated rings. The summed E-state index contributed by atoms with van der Waals surface area (Å²) in [5.74, 6) is 0. The van der Waals surface area contributed by atoms with Gasteiger partial charge in [0.15, 0.2) is 0 Å². The van der Waals surface area contributed by atoms with Gasteiger partial charge in [-0.15, -0.1) is 36.4 Å². The molecule has 0 unspecified atom stereocenters. The first-order chi connectivity index (χ1) is 7.86. The molecule has 0 amide bonds. The molecule has 0 radical (unpaired) electrons. The number of allylic oxidation sites excluding steroid dienone is 2. The fourth-order valence-corrected chi connectivity index (χ4v) is 1.38. The fraction of sp³-hybridized carbons (Fsp3) is 0.111. The van der Waals surface area contributed by atoms with Crippen LogP contribution < -0.4 is 0 Å². The minimum absolute atomic E-state index is 0. The molecule has 19 heavy (non-hydrogen) atoms. The van der Waals surface area contributed by atoms with Crippen molar-refractivity contribution in [3.8, 4) is 0 Å². The van der Waals surface area contributed by atoms with Gasteiger partial charge in [0.05, 0.1) is 0 Å². The summed E-state index contributed by atoms with van der Waals surface area (Å²) < 4.78 is 0. The first-order valence-electron chi connectivity index (χ1n) is 5.55. The van der Waals surface area contributed by atoms with E-state index in [9.17, 15) is 0 Å². The third-order valence-corrected chi connectivity index (χ3v) is 2.10. The average molecular weight is 419 g/mol. The molecule has 0 nitrogen and oxygen atoms in total. The van der Waals surface area contributed by atoms with Gasteiger partial charge in [0.25, 0.3) is 0 Å². The summed E-state index contributed by atoms with van der Waals surface area (Å²) in [6, 6.07) is 16.5. The summed E-state index contributed by atoms with van der Waals surface area (Å²) in [4.78, 5) is 0. The van der Waals surface area contributed by atoms with Crippen molar-refractivity contribution < 1.29 is 25.8 Å². The summed E-state index contributed by atoms with van der Waals surface area (Å²) in [6.07, 6.45) is 8.24. The second-order valence-corrected chi connectivity index (χ2v) is 3.44. The van der Waals surface area contributed by atoms with Gasteiger partial charge in [-0.1, -0.05) is 13.8 Å². The van der Waals surface area contributed by atoms with Crippen LogP contribution in [0.15, 0.2) is 60.7 Å². The molecule has 100 valence electrons. The number of hydrogen-bond acceptors (Lipinski definition) is 0. The Labute approximate surface area is 138 Å². The Morgan fingerprint density at radius 3 is 1.37 bits per heavy atom. The molecule has 2 aromatic carbocycles. The first kappa shape index (κ1) is 23.2. The largest absolute Gasteiger partial charge is 4.00 e. The van der Waals surface area contributed by atoms with Crippen LogP contribution in [0, 0.1) is 14.9 Å². The zero-order valence-corrected chi connectivity index (χ0v) is 16.0. The van der Waals surface area contributed by atoms with Gasteiger partial charge < -0.3 is 14.9 Å². The zero-order valence-electron chi connectivity index (χ0n) is 12.4. The summed E-state index contributed by atoms with van der Waals surface area (Å²) in [7, 11) is 0. The van der Waals surface area contributed by atoms with E-state index in [0.717, 1.165) is 0 Å². The van der Waals surface area contributed by atoms with E-state index in [4.69, 9.17) is 0 Å². The van der Waals surface area contributed by atoms with Crippen molar-refractivity contribution in [1.82, 2.24) is 0 Å².